The minimum Gasteiger partial charge on any atom is -0.326 e. The van der Waals surface area contributed by atoms with E-state index in [-0.39, 0.29) is 24.1 Å². The van der Waals surface area contributed by atoms with Crippen molar-refractivity contribution in [3.05, 3.63) is 53.1 Å². The van der Waals surface area contributed by atoms with Crippen LogP contribution in [0.5, 0.6) is 0 Å². The van der Waals surface area contributed by atoms with Gasteiger partial charge in [0.25, 0.3) is 5.91 Å². The Hall–Kier alpha value is -3.15. The van der Waals surface area contributed by atoms with Gasteiger partial charge in [0, 0.05) is 29.5 Å². The summed E-state index contributed by atoms with van der Waals surface area (Å²) in [7, 11) is 0. The lowest BCUT2D eigenvalue weighted by molar-refractivity contribution is -0.115. The van der Waals surface area contributed by atoms with Crippen LogP contribution in [-0.2, 0) is 22.4 Å². The number of amides is 3. The lowest BCUT2D eigenvalue weighted by Gasteiger charge is -2.13. The molecule has 0 unspecified atom stereocenters. The van der Waals surface area contributed by atoms with E-state index in [1.807, 2.05) is 19.1 Å². The molecule has 0 saturated heterocycles. The summed E-state index contributed by atoms with van der Waals surface area (Å²) in [6.07, 6.45) is 1.03. The van der Waals surface area contributed by atoms with Crippen LogP contribution in [0.2, 0.25) is 0 Å². The summed E-state index contributed by atoms with van der Waals surface area (Å²) < 4.78 is 0. The zero-order valence-corrected chi connectivity index (χ0v) is 14.1. The van der Waals surface area contributed by atoms with Gasteiger partial charge in [-0.05, 0) is 47.9 Å². The molecule has 1 aliphatic heterocycles. The van der Waals surface area contributed by atoms with Crippen molar-refractivity contribution in [3.63, 3.8) is 0 Å². The van der Waals surface area contributed by atoms with Crippen LogP contribution in [0.25, 0.3) is 0 Å². The molecule has 6 heteroatoms. The Labute approximate surface area is 145 Å². The van der Waals surface area contributed by atoms with Gasteiger partial charge >= 0.3 is 0 Å². The molecule has 1 aliphatic rings. The van der Waals surface area contributed by atoms with Crippen molar-refractivity contribution in [2.24, 2.45) is 0 Å². The second kappa shape index (κ2) is 6.76. The smallest absolute Gasteiger partial charge is 0.255 e. The van der Waals surface area contributed by atoms with Gasteiger partial charge < -0.3 is 16.0 Å². The lowest BCUT2D eigenvalue weighted by atomic mass is 10.1. The molecule has 25 heavy (non-hydrogen) atoms. The third kappa shape index (κ3) is 3.68. The molecule has 6 nitrogen and oxygen atoms in total. The van der Waals surface area contributed by atoms with Crippen LogP contribution in [0, 0.1) is 0 Å². The molecule has 0 radical (unpaired) electrons. The minimum atomic E-state index is -0.253. The second-order valence-corrected chi connectivity index (χ2v) is 5.96. The van der Waals surface area contributed by atoms with Crippen LogP contribution >= 0.6 is 0 Å². The molecule has 0 aromatic heterocycles. The summed E-state index contributed by atoms with van der Waals surface area (Å²) in [5.74, 6) is -0.488. The summed E-state index contributed by atoms with van der Waals surface area (Å²) in [6.45, 7) is 3.43. The number of carbonyl (C=O) groups excluding carboxylic acids is 3. The fourth-order valence-corrected chi connectivity index (χ4v) is 2.85. The number of benzene rings is 2. The Morgan fingerprint density at radius 1 is 1.12 bits per heavy atom. The zero-order valence-electron chi connectivity index (χ0n) is 14.1. The van der Waals surface area contributed by atoms with E-state index in [0.717, 1.165) is 23.2 Å². The molecule has 128 valence electrons. The van der Waals surface area contributed by atoms with Gasteiger partial charge in [-0.3, -0.25) is 14.4 Å². The third-order valence-electron chi connectivity index (χ3n) is 4.05. The Bertz CT molecular complexity index is 874. The van der Waals surface area contributed by atoms with Gasteiger partial charge in [-0.2, -0.15) is 0 Å². The number of hydrogen-bond acceptors (Lipinski definition) is 3. The Balaban J connectivity index is 1.84. The molecule has 0 saturated carbocycles. The summed E-state index contributed by atoms with van der Waals surface area (Å²) in [4.78, 5) is 35.3. The SMILES string of the molecule is CCc1ccc(NC(C)=O)cc1NC(=O)c1ccc2c(c1)CC(=O)N2. The van der Waals surface area contributed by atoms with Crippen molar-refractivity contribution in [1.82, 2.24) is 0 Å². The fraction of sp³-hybridized carbons (Fsp3) is 0.211. The van der Waals surface area contributed by atoms with Crippen LogP contribution < -0.4 is 16.0 Å². The number of aryl methyl sites for hydroxylation is 1. The van der Waals surface area contributed by atoms with Gasteiger partial charge in [0.2, 0.25) is 11.8 Å². The van der Waals surface area contributed by atoms with Crippen molar-refractivity contribution in [1.29, 1.82) is 0 Å². The average Bonchev–Trinajstić information content (AvgIpc) is 2.93. The number of nitrogens with one attached hydrogen (secondary N) is 3. The molecule has 0 bridgehead atoms. The first kappa shape index (κ1) is 16.7. The Morgan fingerprint density at radius 3 is 2.64 bits per heavy atom. The van der Waals surface area contributed by atoms with Gasteiger partial charge in [0.15, 0.2) is 0 Å². The molecule has 0 aliphatic carbocycles. The highest BCUT2D eigenvalue weighted by Crippen LogP contribution is 2.26. The van der Waals surface area contributed by atoms with Gasteiger partial charge in [-0.15, -0.1) is 0 Å². The van der Waals surface area contributed by atoms with Gasteiger partial charge in [0.1, 0.15) is 0 Å². The van der Waals surface area contributed by atoms with Crippen LogP contribution in [0.15, 0.2) is 36.4 Å². The summed E-state index contributed by atoms with van der Waals surface area (Å²) in [5, 5.41) is 8.36. The van der Waals surface area contributed by atoms with E-state index in [2.05, 4.69) is 16.0 Å². The number of carbonyl (C=O) groups is 3. The molecule has 1 heterocycles. The lowest BCUT2D eigenvalue weighted by Crippen LogP contribution is -2.14. The topological polar surface area (TPSA) is 87.3 Å². The van der Waals surface area contributed by atoms with Crippen molar-refractivity contribution >= 4 is 34.8 Å². The zero-order chi connectivity index (χ0) is 18.0. The standard InChI is InChI=1S/C19H19N3O3/c1-3-12-4-6-15(20-11(2)23)10-17(12)22-19(25)13-5-7-16-14(8-13)9-18(24)21-16/h4-8,10H,3,9H2,1-2H3,(H,20,23)(H,21,24)(H,22,25). The molecule has 3 amide bonds. The molecule has 3 N–H and O–H groups in total. The highest BCUT2D eigenvalue weighted by atomic mass is 16.2. The molecule has 2 aromatic rings. The summed E-state index contributed by atoms with van der Waals surface area (Å²) in [6, 6.07) is 10.6. The molecular weight excluding hydrogens is 318 g/mol. The predicted octanol–water partition coefficient (Wildman–Crippen LogP) is 2.95. The predicted molar refractivity (Wildman–Crippen MR) is 96.9 cm³/mol. The molecule has 3 rings (SSSR count). The van der Waals surface area contributed by atoms with Crippen molar-refractivity contribution in [3.8, 4) is 0 Å². The normalized spacial score (nSPS) is 12.3. The van der Waals surface area contributed by atoms with Crippen LogP contribution in [0.1, 0.15) is 35.3 Å². The quantitative estimate of drug-likeness (QED) is 0.801. The van der Waals surface area contributed by atoms with Gasteiger partial charge in [-0.25, -0.2) is 0 Å². The monoisotopic (exact) mass is 337 g/mol. The van der Waals surface area contributed by atoms with E-state index in [4.69, 9.17) is 0 Å². The Morgan fingerprint density at radius 2 is 1.92 bits per heavy atom. The van der Waals surface area contributed by atoms with Gasteiger partial charge in [-0.1, -0.05) is 13.0 Å². The molecular formula is C19H19N3O3. The van der Waals surface area contributed by atoms with E-state index in [1.165, 1.54) is 6.92 Å². The summed E-state index contributed by atoms with van der Waals surface area (Å²) >= 11 is 0. The van der Waals surface area contributed by atoms with E-state index < -0.39 is 0 Å². The van der Waals surface area contributed by atoms with E-state index in [0.29, 0.717) is 16.9 Å². The molecule has 0 atom stereocenters. The number of rotatable bonds is 4. The van der Waals surface area contributed by atoms with Gasteiger partial charge in [0.05, 0.1) is 6.42 Å². The van der Waals surface area contributed by atoms with E-state index in [9.17, 15) is 14.4 Å². The first-order valence-electron chi connectivity index (χ1n) is 8.11. The number of fused-ring (bicyclic) bond motifs is 1. The first-order chi connectivity index (χ1) is 12.0. The van der Waals surface area contributed by atoms with Crippen molar-refractivity contribution < 1.29 is 14.4 Å². The van der Waals surface area contributed by atoms with Crippen LogP contribution in [0.4, 0.5) is 17.1 Å². The van der Waals surface area contributed by atoms with Crippen LogP contribution in [-0.4, -0.2) is 17.7 Å². The van der Waals surface area contributed by atoms with Crippen molar-refractivity contribution in [2.45, 2.75) is 26.7 Å². The maximum atomic E-state index is 12.6. The third-order valence-corrected chi connectivity index (χ3v) is 4.05. The highest BCUT2D eigenvalue weighted by Gasteiger charge is 2.19. The number of anilines is 3. The summed E-state index contributed by atoms with van der Waals surface area (Å²) in [5.41, 5.74) is 4.32. The Kier molecular flexibility index (Phi) is 4.52. The average molecular weight is 337 g/mol. The second-order valence-electron chi connectivity index (χ2n) is 5.96. The van der Waals surface area contributed by atoms with E-state index >= 15 is 0 Å². The number of hydrogen-bond donors (Lipinski definition) is 3. The fourth-order valence-electron chi connectivity index (χ4n) is 2.85. The molecule has 2 aromatic carbocycles. The first-order valence-corrected chi connectivity index (χ1v) is 8.11. The van der Waals surface area contributed by atoms with Crippen molar-refractivity contribution in [2.75, 3.05) is 16.0 Å². The maximum Gasteiger partial charge on any atom is 0.255 e. The highest BCUT2D eigenvalue weighted by molar-refractivity contribution is 6.07. The van der Waals surface area contributed by atoms with Crippen LogP contribution in [0.3, 0.4) is 0 Å². The molecule has 0 spiro atoms. The molecule has 0 fully saturated rings. The largest absolute Gasteiger partial charge is 0.326 e. The minimum absolute atomic E-state index is 0.0659. The maximum absolute atomic E-state index is 12.6. The van der Waals surface area contributed by atoms with E-state index in [1.54, 1.807) is 24.3 Å².